The molecular weight excluding hydrogens is 545 g/mol. The highest BCUT2D eigenvalue weighted by Crippen LogP contribution is 2.37. The van der Waals surface area contributed by atoms with Crippen LogP contribution in [0.1, 0.15) is 12.8 Å². The second-order valence-corrected chi connectivity index (χ2v) is 11.0. The summed E-state index contributed by atoms with van der Waals surface area (Å²) in [6, 6.07) is 13.6. The van der Waals surface area contributed by atoms with E-state index in [0.29, 0.717) is 54.5 Å². The van der Waals surface area contributed by atoms with E-state index in [1.165, 1.54) is 0 Å². The topological polar surface area (TPSA) is 99.4 Å². The number of nitrogens with zero attached hydrogens (tertiary/aromatic N) is 6. The van der Waals surface area contributed by atoms with Gasteiger partial charge in [0.1, 0.15) is 23.6 Å². The maximum Gasteiger partial charge on any atom is 0.319 e. The van der Waals surface area contributed by atoms with E-state index in [9.17, 15) is 5.26 Å². The zero-order valence-electron chi connectivity index (χ0n) is 23.0. The Morgan fingerprint density at radius 2 is 2.02 bits per heavy atom. The molecule has 11 heteroatoms. The summed E-state index contributed by atoms with van der Waals surface area (Å²) >= 11 is 6.57. The van der Waals surface area contributed by atoms with Gasteiger partial charge in [0, 0.05) is 67.5 Å². The van der Waals surface area contributed by atoms with E-state index in [4.69, 9.17) is 26.1 Å². The predicted octanol–water partition coefficient (Wildman–Crippen LogP) is 4.43. The van der Waals surface area contributed by atoms with Crippen LogP contribution in [0.5, 0.6) is 6.01 Å². The molecule has 2 aromatic carbocycles. The minimum Gasteiger partial charge on any atom is -0.462 e. The molecule has 0 aliphatic carbocycles. The number of halogens is 2. The van der Waals surface area contributed by atoms with Crippen molar-refractivity contribution in [2.45, 2.75) is 31.0 Å². The molecule has 2 fully saturated rings. The van der Waals surface area contributed by atoms with Crippen molar-refractivity contribution >= 4 is 39.1 Å². The molecule has 0 bridgehead atoms. The van der Waals surface area contributed by atoms with Gasteiger partial charge in [0.2, 0.25) is 0 Å². The van der Waals surface area contributed by atoms with Crippen molar-refractivity contribution in [1.29, 1.82) is 5.26 Å². The molecular formula is C30H31ClFN7O2. The summed E-state index contributed by atoms with van der Waals surface area (Å²) in [6.45, 7) is 3.01. The molecule has 2 aliphatic heterocycles. The molecule has 2 aliphatic rings. The molecule has 2 aromatic heterocycles. The van der Waals surface area contributed by atoms with Gasteiger partial charge in [-0.1, -0.05) is 41.9 Å². The first kappa shape index (κ1) is 27.5. The van der Waals surface area contributed by atoms with Gasteiger partial charge >= 0.3 is 6.01 Å². The molecule has 212 valence electrons. The van der Waals surface area contributed by atoms with E-state index in [1.807, 2.05) is 42.3 Å². The minimum absolute atomic E-state index is 0.0313. The normalized spacial score (nSPS) is 21.4. The number of likely N-dealkylation sites (tertiary alicyclic amines) is 1. The third-order valence-corrected chi connectivity index (χ3v) is 8.35. The molecule has 1 N–H and O–H groups in total. The van der Waals surface area contributed by atoms with Crippen molar-refractivity contribution < 1.29 is 13.9 Å². The van der Waals surface area contributed by atoms with Crippen LogP contribution in [0.2, 0.25) is 5.02 Å². The van der Waals surface area contributed by atoms with Crippen LogP contribution in [0.4, 0.5) is 10.2 Å². The second-order valence-electron chi connectivity index (χ2n) is 10.6. The fourth-order valence-corrected chi connectivity index (χ4v) is 6.12. The summed E-state index contributed by atoms with van der Waals surface area (Å²) in [7, 11) is 3.74. The molecule has 0 amide bonds. The lowest BCUT2D eigenvalue weighted by Crippen LogP contribution is -2.51. The zero-order chi connectivity index (χ0) is 28.5. The first-order chi connectivity index (χ1) is 20.0. The fraction of sp³-hybridized carbons (Fsp3) is 0.400. The SMILES string of the molecule is CO[C@@H]1C[C@@H](COc2nc(N3CCN[C@@H](CC#N)C3)c3cnc(-c4cccc5cccc(Cl)c45)c(F)c3n2)N(C)C1. The first-order valence-electron chi connectivity index (χ1n) is 13.7. The minimum atomic E-state index is -0.565. The monoisotopic (exact) mass is 575 g/mol. The molecule has 41 heavy (non-hydrogen) atoms. The molecule has 4 heterocycles. The van der Waals surface area contributed by atoms with Crippen molar-refractivity contribution in [3.63, 3.8) is 0 Å². The van der Waals surface area contributed by atoms with Gasteiger partial charge in [-0.3, -0.25) is 9.88 Å². The Morgan fingerprint density at radius 3 is 2.80 bits per heavy atom. The molecule has 0 saturated carbocycles. The van der Waals surface area contributed by atoms with E-state index in [2.05, 4.69) is 26.3 Å². The van der Waals surface area contributed by atoms with Gasteiger partial charge in [-0.15, -0.1) is 0 Å². The number of rotatable bonds is 7. The summed E-state index contributed by atoms with van der Waals surface area (Å²) in [5, 5.41) is 15.2. The molecule has 4 aromatic rings. The number of piperazine rings is 1. The molecule has 0 radical (unpaired) electrons. The lowest BCUT2D eigenvalue weighted by molar-refractivity contribution is 0.111. The van der Waals surface area contributed by atoms with Gasteiger partial charge in [0.15, 0.2) is 5.82 Å². The maximum absolute atomic E-state index is 16.5. The Kier molecular flexibility index (Phi) is 7.86. The molecule has 2 saturated heterocycles. The number of anilines is 1. The fourth-order valence-electron chi connectivity index (χ4n) is 5.84. The first-order valence-corrected chi connectivity index (χ1v) is 14.1. The van der Waals surface area contributed by atoms with E-state index in [1.54, 1.807) is 19.4 Å². The van der Waals surface area contributed by atoms with Gasteiger partial charge in [-0.05, 0) is 24.9 Å². The van der Waals surface area contributed by atoms with E-state index < -0.39 is 5.82 Å². The van der Waals surface area contributed by atoms with Gasteiger partial charge in [-0.25, -0.2) is 4.39 Å². The number of fused-ring (bicyclic) bond motifs is 2. The van der Waals surface area contributed by atoms with Crippen LogP contribution in [0.15, 0.2) is 42.6 Å². The summed E-state index contributed by atoms with van der Waals surface area (Å²) in [6.07, 6.45) is 2.94. The summed E-state index contributed by atoms with van der Waals surface area (Å²) in [5.41, 5.74) is 0.876. The van der Waals surface area contributed by atoms with Crippen molar-refractivity contribution in [2.75, 3.05) is 51.8 Å². The number of nitriles is 1. The van der Waals surface area contributed by atoms with Crippen LogP contribution in [0, 0.1) is 17.1 Å². The number of likely N-dealkylation sites (N-methyl/N-ethyl adjacent to an activating group) is 1. The summed E-state index contributed by atoms with van der Waals surface area (Å²) < 4.78 is 28.2. The van der Waals surface area contributed by atoms with Crippen LogP contribution in [0.25, 0.3) is 32.9 Å². The number of methoxy groups -OCH3 is 1. The van der Waals surface area contributed by atoms with Crippen molar-refractivity contribution in [1.82, 2.24) is 25.2 Å². The molecule has 6 rings (SSSR count). The third-order valence-electron chi connectivity index (χ3n) is 8.03. The molecule has 0 spiro atoms. The second kappa shape index (κ2) is 11.7. The van der Waals surface area contributed by atoms with Crippen LogP contribution < -0.4 is 15.0 Å². The maximum atomic E-state index is 16.5. The number of ether oxygens (including phenoxy) is 2. The van der Waals surface area contributed by atoms with Gasteiger partial charge in [-0.2, -0.15) is 15.2 Å². The van der Waals surface area contributed by atoms with E-state index >= 15 is 4.39 Å². The lowest BCUT2D eigenvalue weighted by Gasteiger charge is -2.34. The van der Waals surface area contributed by atoms with Gasteiger partial charge < -0.3 is 19.7 Å². The van der Waals surface area contributed by atoms with E-state index in [-0.39, 0.29) is 35.4 Å². The Hall–Kier alpha value is -3.62. The number of benzene rings is 2. The van der Waals surface area contributed by atoms with Crippen molar-refractivity contribution in [2.24, 2.45) is 0 Å². The van der Waals surface area contributed by atoms with Crippen LogP contribution >= 0.6 is 11.6 Å². The third kappa shape index (κ3) is 5.38. The summed E-state index contributed by atoms with van der Waals surface area (Å²) in [4.78, 5) is 18.1. The average molecular weight is 576 g/mol. The number of hydrogen-bond acceptors (Lipinski definition) is 9. The largest absolute Gasteiger partial charge is 0.462 e. The lowest BCUT2D eigenvalue weighted by atomic mass is 10.0. The highest BCUT2D eigenvalue weighted by Gasteiger charge is 2.31. The highest BCUT2D eigenvalue weighted by molar-refractivity contribution is 6.36. The van der Waals surface area contributed by atoms with Crippen LogP contribution in [-0.2, 0) is 4.74 Å². The molecule has 9 nitrogen and oxygen atoms in total. The highest BCUT2D eigenvalue weighted by atomic mass is 35.5. The summed E-state index contributed by atoms with van der Waals surface area (Å²) in [5.74, 6) is -0.0255. The Morgan fingerprint density at radius 1 is 1.20 bits per heavy atom. The molecule has 0 unspecified atom stereocenters. The smallest absolute Gasteiger partial charge is 0.319 e. The quantitative estimate of drug-likeness (QED) is 0.343. The average Bonchev–Trinajstić information content (AvgIpc) is 3.36. The standard InChI is InChI=1S/C30H31ClFN7O2/c1-38-16-21(40-2)13-20(38)17-41-30-36-28-23(29(37-30)39-12-11-34-19(15-39)9-10-33)14-35-27(26(28)32)22-7-3-5-18-6-4-8-24(31)25(18)22/h3-8,14,19-21,34H,9,11-13,15-17H2,1-2H3/t19-,20-,21+/m0/s1. The van der Waals surface area contributed by atoms with Crippen LogP contribution in [-0.4, -0.2) is 85.0 Å². The number of aromatic nitrogens is 3. The Bertz CT molecular complexity index is 1630. The predicted molar refractivity (Wildman–Crippen MR) is 157 cm³/mol. The van der Waals surface area contributed by atoms with Gasteiger partial charge in [0.05, 0.1) is 24.0 Å². The van der Waals surface area contributed by atoms with Gasteiger partial charge in [0.25, 0.3) is 0 Å². The zero-order valence-corrected chi connectivity index (χ0v) is 23.7. The van der Waals surface area contributed by atoms with Crippen molar-refractivity contribution in [3.8, 4) is 23.3 Å². The Balaban J connectivity index is 1.44. The number of hydrogen-bond donors (Lipinski definition) is 1. The van der Waals surface area contributed by atoms with Crippen molar-refractivity contribution in [3.05, 3.63) is 53.4 Å². The number of nitrogens with one attached hydrogen (secondary N) is 1. The van der Waals surface area contributed by atoms with E-state index in [0.717, 1.165) is 23.7 Å². The van der Waals surface area contributed by atoms with Crippen LogP contribution in [0.3, 0.4) is 0 Å². The number of pyridine rings is 1. The Labute approximate surface area is 242 Å². The molecule has 3 atom stereocenters.